The van der Waals surface area contributed by atoms with E-state index >= 15 is 0 Å². The van der Waals surface area contributed by atoms with E-state index in [-0.39, 0.29) is 43.8 Å². The van der Waals surface area contributed by atoms with E-state index in [0.29, 0.717) is 5.56 Å². The van der Waals surface area contributed by atoms with Gasteiger partial charge in [0.2, 0.25) is 10.0 Å². The zero-order chi connectivity index (χ0) is 26.3. The second-order valence-electron chi connectivity index (χ2n) is 8.18. The quantitative estimate of drug-likeness (QED) is 0.296. The summed E-state index contributed by atoms with van der Waals surface area (Å²) in [6, 6.07) is 11.2. The van der Waals surface area contributed by atoms with Crippen LogP contribution in [0.2, 0.25) is 10.0 Å². The van der Waals surface area contributed by atoms with Crippen molar-refractivity contribution in [2.45, 2.75) is 30.2 Å². The van der Waals surface area contributed by atoms with Gasteiger partial charge in [-0.2, -0.15) is 5.10 Å². The summed E-state index contributed by atoms with van der Waals surface area (Å²) in [5.41, 5.74) is 0.0701. The number of ether oxygens (including phenoxy) is 1. The number of sulfonamides is 1. The topological polar surface area (TPSA) is 115 Å². The molecule has 1 amide bonds. The van der Waals surface area contributed by atoms with Gasteiger partial charge < -0.3 is 4.74 Å². The lowest BCUT2D eigenvalue weighted by Gasteiger charge is -2.10. The van der Waals surface area contributed by atoms with E-state index in [4.69, 9.17) is 27.9 Å². The zero-order valence-corrected chi connectivity index (χ0v) is 21.0. The Morgan fingerprint density at radius 3 is 2.59 bits per heavy atom. The molecule has 1 saturated carbocycles. The van der Waals surface area contributed by atoms with E-state index < -0.39 is 28.2 Å². The van der Waals surface area contributed by atoms with Crippen LogP contribution in [0.25, 0.3) is 16.9 Å². The Balaban J connectivity index is 1.42. The summed E-state index contributed by atoms with van der Waals surface area (Å²) in [5, 5.41) is 6.80. The Hall–Kier alpha value is -3.32. The van der Waals surface area contributed by atoms with E-state index in [1.165, 1.54) is 36.4 Å². The molecule has 192 valence electrons. The fourth-order valence-electron chi connectivity index (χ4n) is 3.47. The highest BCUT2D eigenvalue weighted by molar-refractivity contribution is 7.89. The van der Waals surface area contributed by atoms with Crippen molar-refractivity contribution in [2.75, 3.05) is 5.32 Å². The lowest BCUT2D eigenvalue weighted by molar-refractivity contribution is 0.143. The molecule has 0 bridgehead atoms. The first-order chi connectivity index (χ1) is 17.6. The SMILES string of the molecule is O=C(Nc1cccc(S(=O)(=O)NC2CC2)c1)Oc1cnn2c(C(F)F)cc(-c3ccc(Cl)c(Cl)c3)nc12. The number of aromatic nitrogens is 3. The molecule has 14 heteroatoms. The summed E-state index contributed by atoms with van der Waals surface area (Å²) < 4.78 is 61.2. The number of nitrogens with one attached hydrogen (secondary N) is 2. The molecule has 1 aliphatic carbocycles. The van der Waals surface area contributed by atoms with Crippen LogP contribution in [-0.2, 0) is 10.0 Å². The molecule has 0 spiro atoms. The van der Waals surface area contributed by atoms with Crippen molar-refractivity contribution in [3.8, 4) is 17.0 Å². The molecule has 0 saturated heterocycles. The van der Waals surface area contributed by atoms with Gasteiger partial charge in [-0.25, -0.2) is 36.2 Å². The number of benzene rings is 2. The van der Waals surface area contributed by atoms with E-state index in [1.807, 2.05) is 0 Å². The van der Waals surface area contributed by atoms with Crippen molar-refractivity contribution in [1.29, 1.82) is 0 Å². The Morgan fingerprint density at radius 2 is 1.89 bits per heavy atom. The summed E-state index contributed by atoms with van der Waals surface area (Å²) in [6.45, 7) is 0. The highest BCUT2D eigenvalue weighted by Crippen LogP contribution is 2.32. The van der Waals surface area contributed by atoms with Gasteiger partial charge in [0, 0.05) is 17.3 Å². The van der Waals surface area contributed by atoms with Gasteiger partial charge in [-0.3, -0.25) is 5.32 Å². The number of carbonyl (C=O) groups excluding carboxylic acids is 1. The highest BCUT2D eigenvalue weighted by atomic mass is 35.5. The monoisotopic (exact) mass is 567 g/mol. The molecule has 37 heavy (non-hydrogen) atoms. The smallest absolute Gasteiger partial charge is 0.404 e. The normalized spacial score (nSPS) is 13.8. The van der Waals surface area contributed by atoms with Crippen LogP contribution in [0.15, 0.2) is 59.6 Å². The second kappa shape index (κ2) is 9.86. The predicted molar refractivity (Wildman–Crippen MR) is 133 cm³/mol. The number of carbonyl (C=O) groups is 1. The maximum absolute atomic E-state index is 13.8. The molecule has 1 fully saturated rings. The molecule has 2 heterocycles. The van der Waals surface area contributed by atoms with Crippen LogP contribution in [0.5, 0.6) is 5.75 Å². The minimum absolute atomic E-state index is 0.0253. The Kier molecular flexibility index (Phi) is 6.75. The molecule has 9 nitrogen and oxygen atoms in total. The van der Waals surface area contributed by atoms with Crippen LogP contribution in [0.1, 0.15) is 25.0 Å². The van der Waals surface area contributed by atoms with Gasteiger partial charge in [0.05, 0.1) is 26.8 Å². The average Bonchev–Trinajstić information content (AvgIpc) is 3.57. The number of halogens is 4. The number of anilines is 1. The first-order valence-corrected chi connectivity index (χ1v) is 13.1. The molecule has 5 rings (SSSR count). The fraction of sp³-hybridized carbons (Fsp3) is 0.174. The molecule has 4 aromatic rings. The summed E-state index contributed by atoms with van der Waals surface area (Å²) in [6.07, 6.45) is -1.29. The predicted octanol–water partition coefficient (Wildman–Crippen LogP) is 5.69. The molecular formula is C23H17Cl2F2N5O4S. The van der Waals surface area contributed by atoms with Crippen molar-refractivity contribution in [1.82, 2.24) is 19.3 Å². The van der Waals surface area contributed by atoms with E-state index in [1.54, 1.807) is 6.07 Å². The van der Waals surface area contributed by atoms with E-state index in [0.717, 1.165) is 29.6 Å². The molecule has 0 aliphatic heterocycles. The third-order valence-corrected chi connectivity index (χ3v) is 7.66. The third-order valence-electron chi connectivity index (χ3n) is 5.40. The molecule has 1 aliphatic rings. The zero-order valence-electron chi connectivity index (χ0n) is 18.7. The third kappa shape index (κ3) is 5.52. The molecule has 2 aromatic heterocycles. The minimum atomic E-state index is -3.74. The first kappa shape index (κ1) is 25.3. The molecule has 2 N–H and O–H groups in total. The fourth-order valence-corrected chi connectivity index (χ4v) is 5.12. The maximum Gasteiger partial charge on any atom is 0.417 e. The van der Waals surface area contributed by atoms with Gasteiger partial charge in [0.1, 0.15) is 5.69 Å². The first-order valence-electron chi connectivity index (χ1n) is 10.8. The lowest BCUT2D eigenvalue weighted by atomic mass is 10.1. The van der Waals surface area contributed by atoms with Crippen molar-refractivity contribution in [3.63, 3.8) is 0 Å². The van der Waals surface area contributed by atoms with Crippen LogP contribution in [0, 0.1) is 0 Å². The Bertz CT molecular complexity index is 1630. The number of alkyl halides is 2. The van der Waals surface area contributed by atoms with E-state index in [9.17, 15) is 22.0 Å². The van der Waals surface area contributed by atoms with Crippen LogP contribution >= 0.6 is 23.2 Å². The van der Waals surface area contributed by atoms with Crippen molar-refractivity contribution in [3.05, 3.63) is 70.5 Å². The van der Waals surface area contributed by atoms with Crippen molar-refractivity contribution in [2.24, 2.45) is 0 Å². The number of rotatable bonds is 7. The standard InChI is InChI=1S/C23H17Cl2F2N5O4S/c24-16-7-4-12(8-17(16)25)18-10-19(21(26)27)32-22(30-18)20(11-28-32)36-23(33)29-14-2-1-3-15(9-14)37(34,35)31-13-5-6-13/h1-4,7-11,13,21,31H,5-6H2,(H,29,33). The average molecular weight is 568 g/mol. The van der Waals surface area contributed by atoms with Crippen LogP contribution < -0.4 is 14.8 Å². The van der Waals surface area contributed by atoms with Crippen LogP contribution in [0.3, 0.4) is 0 Å². The summed E-state index contributed by atoms with van der Waals surface area (Å²) in [4.78, 5) is 16.9. The van der Waals surface area contributed by atoms with Crippen molar-refractivity contribution < 1.29 is 26.7 Å². The summed E-state index contributed by atoms with van der Waals surface area (Å²) >= 11 is 12.0. The van der Waals surface area contributed by atoms with Gasteiger partial charge in [0.15, 0.2) is 11.4 Å². The molecule has 2 aromatic carbocycles. The Labute approximate surface area is 219 Å². The molecule has 0 atom stereocenters. The number of hydrogen-bond donors (Lipinski definition) is 2. The van der Waals surface area contributed by atoms with Crippen LogP contribution in [0.4, 0.5) is 19.3 Å². The molecule has 0 unspecified atom stereocenters. The van der Waals surface area contributed by atoms with Gasteiger partial charge in [-0.1, -0.05) is 35.3 Å². The van der Waals surface area contributed by atoms with Crippen LogP contribution in [-0.4, -0.2) is 35.2 Å². The number of amides is 1. The van der Waals surface area contributed by atoms with Gasteiger partial charge in [-0.15, -0.1) is 0 Å². The van der Waals surface area contributed by atoms with Gasteiger partial charge in [0.25, 0.3) is 6.43 Å². The summed E-state index contributed by atoms with van der Waals surface area (Å²) in [5.74, 6) is -0.194. The maximum atomic E-state index is 13.8. The largest absolute Gasteiger partial charge is 0.417 e. The highest BCUT2D eigenvalue weighted by Gasteiger charge is 2.28. The molecule has 0 radical (unpaired) electrons. The van der Waals surface area contributed by atoms with Gasteiger partial charge >= 0.3 is 6.09 Å². The number of hydrogen-bond acceptors (Lipinski definition) is 6. The number of fused-ring (bicyclic) bond motifs is 1. The lowest BCUT2D eigenvalue weighted by Crippen LogP contribution is -2.26. The van der Waals surface area contributed by atoms with Crippen molar-refractivity contribution >= 4 is 50.7 Å². The minimum Gasteiger partial charge on any atom is -0.404 e. The Morgan fingerprint density at radius 1 is 1.11 bits per heavy atom. The second-order valence-corrected chi connectivity index (χ2v) is 10.7. The van der Waals surface area contributed by atoms with Gasteiger partial charge in [-0.05, 0) is 49.2 Å². The van der Waals surface area contributed by atoms with E-state index in [2.05, 4.69) is 20.1 Å². The molecular weight excluding hydrogens is 551 g/mol. The number of nitrogens with zero attached hydrogens (tertiary/aromatic N) is 3. The summed E-state index contributed by atoms with van der Waals surface area (Å²) in [7, 11) is -3.74.